The van der Waals surface area contributed by atoms with Crippen molar-refractivity contribution in [3.05, 3.63) is 53.9 Å². The number of nitrogens with one attached hydrogen (secondary N) is 1. The maximum Gasteiger partial charge on any atom is 0.275 e. The average molecular weight is 297 g/mol. The molecule has 4 nitrogen and oxygen atoms in total. The van der Waals surface area contributed by atoms with Crippen molar-refractivity contribution in [3.8, 4) is 11.8 Å². The van der Waals surface area contributed by atoms with Crippen molar-refractivity contribution >= 4 is 23.4 Å². The highest BCUT2D eigenvalue weighted by atomic mass is 32.2. The molecule has 2 aromatic rings. The number of hydrogen-bond acceptors (Lipinski definition) is 4. The Balaban J connectivity index is 2.24. The van der Waals surface area contributed by atoms with Gasteiger partial charge in [0.05, 0.1) is 12.1 Å². The van der Waals surface area contributed by atoms with Crippen molar-refractivity contribution in [3.63, 3.8) is 0 Å². The number of pyridine rings is 1. The number of hydrogen-bond donors (Lipinski definition) is 2. The fraction of sp³-hybridized carbons (Fsp3) is 0.125. The number of rotatable bonds is 3. The Morgan fingerprint density at radius 1 is 1.38 bits per heavy atom. The highest BCUT2D eigenvalue weighted by molar-refractivity contribution is 7.98. The zero-order chi connectivity index (χ0) is 15.1. The Bertz CT molecular complexity index is 704. The molecule has 0 aliphatic rings. The SMILES string of the molecule is CSc1cccc(NC(=O)c2ncccc2C#CCN)c1. The lowest BCUT2D eigenvalue weighted by Gasteiger charge is -2.07. The van der Waals surface area contributed by atoms with E-state index in [-0.39, 0.29) is 12.5 Å². The van der Waals surface area contributed by atoms with Crippen LogP contribution >= 0.6 is 11.8 Å². The zero-order valence-corrected chi connectivity index (χ0v) is 12.4. The van der Waals surface area contributed by atoms with E-state index in [9.17, 15) is 4.79 Å². The standard InChI is InChI=1S/C16H15N3OS/c1-21-14-8-2-7-13(11-14)19-16(20)15-12(5-3-9-17)6-4-10-18-15/h2,4,6-8,10-11H,9,17H2,1H3,(H,19,20). The Labute approximate surface area is 128 Å². The quantitative estimate of drug-likeness (QED) is 0.674. The minimum Gasteiger partial charge on any atom is -0.321 e. The third-order valence-electron chi connectivity index (χ3n) is 2.68. The molecule has 1 heterocycles. The lowest BCUT2D eigenvalue weighted by atomic mass is 10.2. The van der Waals surface area contributed by atoms with E-state index in [0.29, 0.717) is 11.3 Å². The van der Waals surface area contributed by atoms with E-state index < -0.39 is 0 Å². The smallest absolute Gasteiger partial charge is 0.275 e. The molecule has 0 spiro atoms. The molecule has 1 amide bonds. The molecule has 2 rings (SSSR count). The normalized spacial score (nSPS) is 9.62. The molecule has 5 heteroatoms. The maximum atomic E-state index is 12.3. The van der Waals surface area contributed by atoms with Crippen LogP contribution in [0.1, 0.15) is 16.1 Å². The summed E-state index contributed by atoms with van der Waals surface area (Å²) in [6.45, 7) is 0.242. The molecule has 1 aromatic heterocycles. The van der Waals surface area contributed by atoms with Gasteiger partial charge >= 0.3 is 0 Å². The Hall–Kier alpha value is -2.29. The van der Waals surface area contributed by atoms with Crippen molar-refractivity contribution in [1.82, 2.24) is 4.98 Å². The number of aromatic nitrogens is 1. The number of nitrogens with zero attached hydrogens (tertiary/aromatic N) is 1. The van der Waals surface area contributed by atoms with Crippen LogP contribution in [0.4, 0.5) is 5.69 Å². The van der Waals surface area contributed by atoms with Crippen LogP contribution in [0.3, 0.4) is 0 Å². The van der Waals surface area contributed by atoms with Crippen LogP contribution in [-0.4, -0.2) is 23.7 Å². The summed E-state index contributed by atoms with van der Waals surface area (Å²) in [5.41, 5.74) is 6.96. The van der Waals surface area contributed by atoms with Crippen LogP contribution in [-0.2, 0) is 0 Å². The minimum atomic E-state index is -0.282. The Kier molecular flexibility index (Phi) is 5.38. The van der Waals surface area contributed by atoms with Gasteiger partial charge in [-0.15, -0.1) is 11.8 Å². The summed E-state index contributed by atoms with van der Waals surface area (Å²) in [7, 11) is 0. The van der Waals surface area contributed by atoms with Crippen molar-refractivity contribution in [2.75, 3.05) is 18.1 Å². The van der Waals surface area contributed by atoms with Crippen LogP contribution in [0, 0.1) is 11.8 Å². The summed E-state index contributed by atoms with van der Waals surface area (Å²) in [6, 6.07) is 11.1. The molecule has 0 aliphatic carbocycles. The molecule has 0 fully saturated rings. The van der Waals surface area contributed by atoms with E-state index in [1.807, 2.05) is 30.5 Å². The fourth-order valence-corrected chi connectivity index (χ4v) is 2.18. The Morgan fingerprint density at radius 2 is 2.24 bits per heavy atom. The Morgan fingerprint density at radius 3 is 3.00 bits per heavy atom. The van der Waals surface area contributed by atoms with E-state index in [2.05, 4.69) is 22.1 Å². The molecular formula is C16H15N3OS. The van der Waals surface area contributed by atoms with Crippen LogP contribution in [0.25, 0.3) is 0 Å². The number of carbonyl (C=O) groups is 1. The second-order valence-corrected chi connectivity index (χ2v) is 4.97. The average Bonchev–Trinajstić information content (AvgIpc) is 2.53. The highest BCUT2D eigenvalue weighted by Crippen LogP contribution is 2.19. The minimum absolute atomic E-state index is 0.242. The van der Waals surface area contributed by atoms with Gasteiger partial charge in [-0.3, -0.25) is 4.79 Å². The van der Waals surface area contributed by atoms with Gasteiger partial charge in [-0.25, -0.2) is 4.98 Å². The van der Waals surface area contributed by atoms with Gasteiger partial charge in [0.25, 0.3) is 5.91 Å². The number of benzene rings is 1. The first-order valence-electron chi connectivity index (χ1n) is 6.34. The first-order valence-corrected chi connectivity index (χ1v) is 7.56. The van der Waals surface area contributed by atoms with Crippen LogP contribution in [0.5, 0.6) is 0 Å². The molecule has 0 unspecified atom stereocenters. The van der Waals surface area contributed by atoms with E-state index in [0.717, 1.165) is 10.6 Å². The van der Waals surface area contributed by atoms with Crippen molar-refractivity contribution < 1.29 is 4.79 Å². The van der Waals surface area contributed by atoms with Gasteiger partial charge in [-0.1, -0.05) is 17.9 Å². The largest absolute Gasteiger partial charge is 0.321 e. The second kappa shape index (κ2) is 7.48. The molecule has 0 aliphatic heterocycles. The van der Waals surface area contributed by atoms with Gasteiger partial charge in [-0.2, -0.15) is 0 Å². The number of nitrogens with two attached hydrogens (primary N) is 1. The number of anilines is 1. The predicted octanol–water partition coefficient (Wildman–Crippen LogP) is 2.37. The van der Waals surface area contributed by atoms with Crippen molar-refractivity contribution in [1.29, 1.82) is 0 Å². The summed E-state index contributed by atoms with van der Waals surface area (Å²) >= 11 is 1.62. The monoisotopic (exact) mass is 297 g/mol. The lowest BCUT2D eigenvalue weighted by molar-refractivity contribution is 0.102. The van der Waals surface area contributed by atoms with Crippen LogP contribution in [0.15, 0.2) is 47.5 Å². The van der Waals surface area contributed by atoms with E-state index in [1.54, 1.807) is 30.1 Å². The third-order valence-corrected chi connectivity index (χ3v) is 3.40. The molecule has 0 saturated heterocycles. The fourth-order valence-electron chi connectivity index (χ4n) is 1.72. The van der Waals surface area contributed by atoms with E-state index in [4.69, 9.17) is 5.73 Å². The number of carbonyl (C=O) groups excluding carboxylic acids is 1. The van der Waals surface area contributed by atoms with Crippen LogP contribution in [0.2, 0.25) is 0 Å². The van der Waals surface area contributed by atoms with E-state index >= 15 is 0 Å². The van der Waals surface area contributed by atoms with Gasteiger partial charge < -0.3 is 11.1 Å². The molecule has 0 radical (unpaired) electrons. The van der Waals surface area contributed by atoms with Gasteiger partial charge in [0.2, 0.25) is 0 Å². The molecule has 3 N–H and O–H groups in total. The molecule has 1 aromatic carbocycles. The first-order chi connectivity index (χ1) is 10.2. The number of amides is 1. The van der Waals surface area contributed by atoms with Gasteiger partial charge in [0.15, 0.2) is 0 Å². The molecule has 0 atom stereocenters. The molecule has 21 heavy (non-hydrogen) atoms. The van der Waals surface area contributed by atoms with Gasteiger partial charge in [-0.05, 0) is 36.6 Å². The first kappa shape index (κ1) is 15.1. The molecule has 106 valence electrons. The zero-order valence-electron chi connectivity index (χ0n) is 11.6. The highest BCUT2D eigenvalue weighted by Gasteiger charge is 2.11. The second-order valence-electron chi connectivity index (χ2n) is 4.09. The molecular weight excluding hydrogens is 282 g/mol. The number of thioether (sulfide) groups is 1. The molecule has 0 saturated carbocycles. The van der Waals surface area contributed by atoms with Crippen molar-refractivity contribution in [2.45, 2.75) is 4.90 Å². The van der Waals surface area contributed by atoms with Gasteiger partial charge in [0.1, 0.15) is 5.69 Å². The van der Waals surface area contributed by atoms with Crippen molar-refractivity contribution in [2.24, 2.45) is 5.73 Å². The topological polar surface area (TPSA) is 68.0 Å². The summed E-state index contributed by atoms with van der Waals surface area (Å²) in [6.07, 6.45) is 3.56. The maximum absolute atomic E-state index is 12.3. The summed E-state index contributed by atoms with van der Waals surface area (Å²) in [5.74, 6) is 5.31. The van der Waals surface area contributed by atoms with Gasteiger partial charge in [0, 0.05) is 16.8 Å². The lowest BCUT2D eigenvalue weighted by Crippen LogP contribution is -2.15. The molecule has 0 bridgehead atoms. The summed E-state index contributed by atoms with van der Waals surface area (Å²) in [5, 5.41) is 2.84. The summed E-state index contributed by atoms with van der Waals surface area (Å²) < 4.78 is 0. The van der Waals surface area contributed by atoms with E-state index in [1.165, 1.54) is 0 Å². The third kappa shape index (κ3) is 4.09. The summed E-state index contributed by atoms with van der Waals surface area (Å²) in [4.78, 5) is 17.5. The van der Waals surface area contributed by atoms with Crippen LogP contribution < -0.4 is 11.1 Å². The predicted molar refractivity (Wildman–Crippen MR) is 86.3 cm³/mol.